The van der Waals surface area contributed by atoms with Crippen LogP contribution in [0.5, 0.6) is 0 Å². The maximum absolute atomic E-state index is 0. The summed E-state index contributed by atoms with van der Waals surface area (Å²) >= 11 is 0. The zero-order valence-electron chi connectivity index (χ0n) is 2.01. The first-order valence-electron chi connectivity index (χ1n) is 0. The molecule has 0 aromatic rings. The van der Waals surface area contributed by atoms with Crippen molar-refractivity contribution in [3.05, 3.63) is 0 Å². The van der Waals surface area contributed by atoms with Crippen molar-refractivity contribution >= 4 is 49.6 Å². The van der Waals surface area contributed by atoms with Crippen molar-refractivity contribution in [1.82, 2.24) is 0 Å². The molecular formula is Cl4Ti. The molecule has 0 aromatic heterocycles. The van der Waals surface area contributed by atoms with Gasteiger partial charge in [0, 0.05) is 71.3 Å². The van der Waals surface area contributed by atoms with E-state index in [1.165, 1.54) is 0 Å². The summed E-state index contributed by atoms with van der Waals surface area (Å²) in [7, 11) is 0. The first-order valence-corrected chi connectivity index (χ1v) is 0. The standard InChI is InChI=1S/4Cl.Ti. The molecule has 0 bridgehead atoms. The van der Waals surface area contributed by atoms with Gasteiger partial charge < -0.3 is 0 Å². The van der Waals surface area contributed by atoms with E-state index in [0.717, 1.165) is 0 Å². The minimum Gasteiger partial charge on any atom is 0 e. The van der Waals surface area contributed by atoms with Gasteiger partial charge in [-0.2, -0.15) is 0 Å². The molecule has 0 atom stereocenters. The van der Waals surface area contributed by atoms with Crippen LogP contribution in [0.3, 0.4) is 0 Å². The van der Waals surface area contributed by atoms with Crippen LogP contribution in [0, 0.1) is 0 Å². The molecule has 0 saturated heterocycles. The molecule has 0 aromatic carbocycles. The summed E-state index contributed by atoms with van der Waals surface area (Å²) in [5.41, 5.74) is 0. The van der Waals surface area contributed by atoms with Crippen molar-refractivity contribution in [3.8, 4) is 0 Å². The Kier molecular flexibility index (Phi) is 537. The fourth-order valence-electron chi connectivity index (χ4n) is 0. The molecule has 0 spiro atoms. The van der Waals surface area contributed by atoms with Crippen LogP contribution in [-0.4, -0.2) is 0 Å². The van der Waals surface area contributed by atoms with Gasteiger partial charge in [-0.15, -0.1) is 0 Å². The van der Waals surface area contributed by atoms with E-state index < -0.39 is 0 Å². The molecule has 5 heavy (non-hydrogen) atoms. The summed E-state index contributed by atoms with van der Waals surface area (Å²) in [5.74, 6) is 0. The molecule has 0 unspecified atom stereocenters. The van der Waals surface area contributed by atoms with Crippen molar-refractivity contribution in [2.24, 2.45) is 0 Å². The maximum Gasteiger partial charge on any atom is 0 e. The van der Waals surface area contributed by atoms with Crippen LogP contribution in [-0.2, 0) is 21.7 Å². The first kappa shape index (κ1) is 67.5. The summed E-state index contributed by atoms with van der Waals surface area (Å²) in [6.45, 7) is 0. The van der Waals surface area contributed by atoms with Crippen LogP contribution in [0.15, 0.2) is 0 Å². The SMILES string of the molecule is [Cl].[Cl].[Cl].[Cl].[Ti]. The Labute approximate surface area is 71.0 Å². The van der Waals surface area contributed by atoms with Crippen molar-refractivity contribution in [3.63, 3.8) is 0 Å². The van der Waals surface area contributed by atoms with E-state index in [4.69, 9.17) is 0 Å². The molecule has 32 valence electrons. The van der Waals surface area contributed by atoms with Crippen LogP contribution in [0.4, 0.5) is 0 Å². The molecule has 0 nitrogen and oxygen atoms in total. The fraction of sp³-hybridized carbons (Fsp3) is 0. The van der Waals surface area contributed by atoms with E-state index >= 15 is 0 Å². The Morgan fingerprint density at radius 2 is 0.400 bits per heavy atom. The molecule has 0 fully saturated rings. The zero-order valence-corrected chi connectivity index (χ0v) is 6.60. The average molecular weight is 190 g/mol. The van der Waals surface area contributed by atoms with Gasteiger partial charge in [0.25, 0.3) is 0 Å². The molecule has 0 N–H and O–H groups in total. The molecule has 0 heterocycles. The Morgan fingerprint density at radius 3 is 0.400 bits per heavy atom. The molecule has 0 aliphatic rings. The predicted molar refractivity (Wildman–Crippen MR) is 23.4 cm³/mol. The molecule has 0 amide bonds. The molecule has 0 rings (SSSR count). The molecule has 4 radical (unpaired) electrons. The fourth-order valence-corrected chi connectivity index (χ4v) is 0. The zero-order chi connectivity index (χ0) is 0. The van der Waals surface area contributed by atoms with Crippen molar-refractivity contribution in [1.29, 1.82) is 0 Å². The Bertz CT molecular complexity index is 3.61. The second kappa shape index (κ2) is 39.7. The third-order valence-electron chi connectivity index (χ3n) is 0. The maximum atomic E-state index is 0. The third kappa shape index (κ3) is 25.1. The average Bonchev–Trinajstić information content (AvgIpc) is 0. The van der Waals surface area contributed by atoms with E-state index in [0.29, 0.717) is 0 Å². The largest absolute Gasteiger partial charge is 0 e. The number of hydrogen-bond acceptors (Lipinski definition) is 0. The van der Waals surface area contributed by atoms with Crippen LogP contribution in [0.2, 0.25) is 0 Å². The summed E-state index contributed by atoms with van der Waals surface area (Å²) in [5, 5.41) is 0. The van der Waals surface area contributed by atoms with Crippen molar-refractivity contribution in [2.45, 2.75) is 0 Å². The van der Waals surface area contributed by atoms with Crippen molar-refractivity contribution < 1.29 is 21.7 Å². The van der Waals surface area contributed by atoms with Gasteiger partial charge in [0.2, 0.25) is 0 Å². The summed E-state index contributed by atoms with van der Waals surface area (Å²) in [4.78, 5) is 0. The smallest absolute Gasteiger partial charge is 0 e. The normalized spacial score (nSPS) is 0. The summed E-state index contributed by atoms with van der Waals surface area (Å²) < 4.78 is 0. The van der Waals surface area contributed by atoms with Gasteiger partial charge in [-0.1, -0.05) is 0 Å². The summed E-state index contributed by atoms with van der Waals surface area (Å²) in [6.07, 6.45) is 0. The quantitative estimate of drug-likeness (QED) is 0.514. The van der Waals surface area contributed by atoms with Gasteiger partial charge in [-0.3, -0.25) is 0 Å². The number of halogens is 4. The number of hydrogen-bond donors (Lipinski definition) is 0. The molecule has 0 aliphatic carbocycles. The Hall–Kier alpha value is 1.87. The molecule has 0 aliphatic heterocycles. The molecule has 0 saturated carbocycles. The molecular weight excluding hydrogens is 190 g/mol. The second-order valence-corrected chi connectivity index (χ2v) is 0. The third-order valence-corrected chi connectivity index (χ3v) is 0. The van der Waals surface area contributed by atoms with Gasteiger partial charge in [0.1, 0.15) is 0 Å². The second-order valence-electron chi connectivity index (χ2n) is 0. The van der Waals surface area contributed by atoms with Crippen molar-refractivity contribution in [2.75, 3.05) is 0 Å². The van der Waals surface area contributed by atoms with E-state index in [1.54, 1.807) is 0 Å². The van der Waals surface area contributed by atoms with E-state index in [9.17, 15) is 0 Å². The number of rotatable bonds is 0. The van der Waals surface area contributed by atoms with Gasteiger partial charge in [-0.05, 0) is 0 Å². The monoisotopic (exact) mass is 188 g/mol. The Morgan fingerprint density at radius 1 is 0.400 bits per heavy atom. The molecule has 5 heteroatoms. The van der Waals surface area contributed by atoms with Gasteiger partial charge >= 0.3 is 0 Å². The van der Waals surface area contributed by atoms with E-state index in [2.05, 4.69) is 0 Å². The van der Waals surface area contributed by atoms with Crippen LogP contribution < -0.4 is 0 Å². The van der Waals surface area contributed by atoms with Crippen LogP contribution in [0.1, 0.15) is 0 Å². The van der Waals surface area contributed by atoms with Crippen LogP contribution >= 0.6 is 49.6 Å². The van der Waals surface area contributed by atoms with E-state index in [1.807, 2.05) is 0 Å². The first-order chi connectivity index (χ1) is 0. The minimum atomic E-state index is 0. The Balaban J connectivity index is 0. The van der Waals surface area contributed by atoms with Crippen LogP contribution in [0.25, 0.3) is 0 Å². The van der Waals surface area contributed by atoms with Gasteiger partial charge in [0.15, 0.2) is 0 Å². The van der Waals surface area contributed by atoms with E-state index in [-0.39, 0.29) is 71.3 Å². The summed E-state index contributed by atoms with van der Waals surface area (Å²) in [6, 6.07) is 0. The van der Waals surface area contributed by atoms with Gasteiger partial charge in [-0.25, -0.2) is 0 Å². The predicted octanol–water partition coefficient (Wildman–Crippen LogP) is 2.76. The van der Waals surface area contributed by atoms with Gasteiger partial charge in [0.05, 0.1) is 0 Å². The topological polar surface area (TPSA) is 0 Å². The minimum absolute atomic E-state index is 0.